The van der Waals surface area contributed by atoms with Crippen molar-refractivity contribution in [1.29, 1.82) is 0 Å². The summed E-state index contributed by atoms with van der Waals surface area (Å²) in [5, 5.41) is 5.67. The molecule has 6 nitrogen and oxygen atoms in total. The molecule has 2 aromatic carbocycles. The first-order valence-electron chi connectivity index (χ1n) is 7.92. The molecule has 26 heavy (non-hydrogen) atoms. The number of thioether (sulfide) groups is 1. The summed E-state index contributed by atoms with van der Waals surface area (Å²) in [6.07, 6.45) is 0.0639. The van der Waals surface area contributed by atoms with Crippen LogP contribution in [0.3, 0.4) is 0 Å². The number of aromatic nitrogens is 1. The van der Waals surface area contributed by atoms with E-state index in [2.05, 4.69) is 15.6 Å². The van der Waals surface area contributed by atoms with Gasteiger partial charge < -0.3 is 15.1 Å². The van der Waals surface area contributed by atoms with Crippen molar-refractivity contribution in [3.05, 3.63) is 47.3 Å². The molecular weight excluding hydrogens is 374 g/mol. The van der Waals surface area contributed by atoms with Gasteiger partial charge in [-0.15, -0.1) is 11.8 Å². The van der Waals surface area contributed by atoms with Crippen molar-refractivity contribution in [3.8, 4) is 0 Å². The van der Waals surface area contributed by atoms with E-state index in [9.17, 15) is 9.59 Å². The number of nitrogens with zero attached hydrogens (tertiary/aromatic N) is 1. The number of carbonyl (C=O) groups excluding carboxylic acids is 2. The summed E-state index contributed by atoms with van der Waals surface area (Å²) >= 11 is 7.30. The van der Waals surface area contributed by atoms with Gasteiger partial charge in [-0.2, -0.15) is 0 Å². The fraction of sp³-hybridized carbons (Fsp3) is 0.167. The highest BCUT2D eigenvalue weighted by Gasteiger charge is 2.29. The Balaban J connectivity index is 1.45. The van der Waals surface area contributed by atoms with Gasteiger partial charge in [-0.05, 0) is 36.4 Å². The number of amides is 2. The molecule has 0 fully saturated rings. The molecule has 2 N–H and O–H groups in total. The van der Waals surface area contributed by atoms with Gasteiger partial charge in [0.15, 0.2) is 11.5 Å². The van der Waals surface area contributed by atoms with E-state index in [0.717, 1.165) is 4.90 Å². The molecule has 1 aliphatic heterocycles. The van der Waals surface area contributed by atoms with E-state index in [1.54, 1.807) is 37.3 Å². The van der Waals surface area contributed by atoms with Crippen LogP contribution in [0.2, 0.25) is 5.02 Å². The lowest BCUT2D eigenvalue weighted by atomic mass is 10.2. The average molecular weight is 388 g/mol. The van der Waals surface area contributed by atoms with Gasteiger partial charge in [-0.1, -0.05) is 11.6 Å². The number of hydrogen-bond donors (Lipinski definition) is 2. The predicted octanol–water partition coefficient (Wildman–Crippen LogP) is 4.23. The highest BCUT2D eigenvalue weighted by atomic mass is 35.5. The van der Waals surface area contributed by atoms with Crippen LogP contribution in [0.25, 0.3) is 11.1 Å². The monoisotopic (exact) mass is 387 g/mol. The van der Waals surface area contributed by atoms with Gasteiger partial charge in [0.2, 0.25) is 11.8 Å². The zero-order valence-corrected chi connectivity index (χ0v) is 15.3. The summed E-state index contributed by atoms with van der Waals surface area (Å²) < 4.78 is 5.42. The molecule has 3 aromatic rings. The summed E-state index contributed by atoms with van der Waals surface area (Å²) in [6, 6.07) is 10.6. The van der Waals surface area contributed by atoms with E-state index >= 15 is 0 Å². The maximum Gasteiger partial charge on any atom is 0.238 e. The minimum absolute atomic E-state index is 0.0639. The number of nitrogens with one attached hydrogen (secondary N) is 2. The van der Waals surface area contributed by atoms with Crippen LogP contribution in [0, 0.1) is 6.92 Å². The Labute approximate surface area is 158 Å². The number of halogens is 1. The summed E-state index contributed by atoms with van der Waals surface area (Å²) in [7, 11) is 0. The highest BCUT2D eigenvalue weighted by Crippen LogP contribution is 2.38. The van der Waals surface area contributed by atoms with Crippen LogP contribution in [0.4, 0.5) is 11.4 Å². The van der Waals surface area contributed by atoms with Crippen LogP contribution in [0.1, 0.15) is 12.3 Å². The number of fused-ring (bicyclic) bond motifs is 2. The zero-order chi connectivity index (χ0) is 18.3. The zero-order valence-electron chi connectivity index (χ0n) is 13.7. The maximum absolute atomic E-state index is 12.4. The molecule has 0 spiro atoms. The summed E-state index contributed by atoms with van der Waals surface area (Å²) in [5.74, 6) is 0.120. The Morgan fingerprint density at radius 1 is 1.35 bits per heavy atom. The molecule has 2 amide bonds. The van der Waals surface area contributed by atoms with Crippen LogP contribution in [-0.2, 0) is 9.59 Å². The van der Waals surface area contributed by atoms with E-state index in [1.165, 1.54) is 11.8 Å². The molecular formula is C18H14ClN3O3S. The van der Waals surface area contributed by atoms with Crippen LogP contribution in [0.5, 0.6) is 0 Å². The molecule has 1 aliphatic rings. The molecule has 0 aliphatic carbocycles. The minimum Gasteiger partial charge on any atom is -0.441 e. The fourth-order valence-electron chi connectivity index (χ4n) is 2.76. The molecule has 0 saturated carbocycles. The molecule has 1 unspecified atom stereocenters. The number of oxazole rings is 1. The highest BCUT2D eigenvalue weighted by molar-refractivity contribution is 8.01. The van der Waals surface area contributed by atoms with Crippen molar-refractivity contribution in [3.63, 3.8) is 0 Å². The molecule has 132 valence electrons. The van der Waals surface area contributed by atoms with Gasteiger partial charge in [0, 0.05) is 29.0 Å². The van der Waals surface area contributed by atoms with Gasteiger partial charge in [-0.25, -0.2) is 4.98 Å². The molecule has 2 heterocycles. The third-order valence-corrected chi connectivity index (χ3v) is 5.42. The molecule has 0 bridgehead atoms. The van der Waals surface area contributed by atoms with E-state index in [-0.39, 0.29) is 18.2 Å². The van der Waals surface area contributed by atoms with Crippen molar-refractivity contribution >= 4 is 57.7 Å². The van der Waals surface area contributed by atoms with E-state index in [4.69, 9.17) is 16.0 Å². The molecule has 0 radical (unpaired) electrons. The van der Waals surface area contributed by atoms with Crippen LogP contribution in [-0.4, -0.2) is 22.0 Å². The van der Waals surface area contributed by atoms with E-state index in [0.29, 0.717) is 33.4 Å². The SMILES string of the molecule is Cc1nc2cc(NC(=O)CC3Sc4ccc(Cl)cc4NC3=O)ccc2o1. The second-order valence-corrected chi connectivity index (χ2v) is 7.58. The number of anilines is 2. The first-order chi connectivity index (χ1) is 12.5. The number of aryl methyl sites for hydroxylation is 1. The van der Waals surface area contributed by atoms with Gasteiger partial charge in [0.1, 0.15) is 5.52 Å². The van der Waals surface area contributed by atoms with Crippen molar-refractivity contribution in [2.24, 2.45) is 0 Å². The largest absolute Gasteiger partial charge is 0.441 e. The topological polar surface area (TPSA) is 84.2 Å². The molecule has 1 aromatic heterocycles. The molecule has 8 heteroatoms. The minimum atomic E-state index is -0.498. The van der Waals surface area contributed by atoms with Gasteiger partial charge >= 0.3 is 0 Å². The quantitative estimate of drug-likeness (QED) is 0.702. The van der Waals surface area contributed by atoms with Crippen LogP contribution >= 0.6 is 23.4 Å². The van der Waals surface area contributed by atoms with E-state index < -0.39 is 5.25 Å². The van der Waals surface area contributed by atoms with Crippen molar-refractivity contribution in [2.45, 2.75) is 23.5 Å². The van der Waals surface area contributed by atoms with Crippen molar-refractivity contribution in [2.75, 3.05) is 10.6 Å². The lowest BCUT2D eigenvalue weighted by Crippen LogP contribution is -2.32. The Kier molecular flexibility index (Phi) is 4.34. The summed E-state index contributed by atoms with van der Waals surface area (Å²) in [6.45, 7) is 1.77. The lowest BCUT2D eigenvalue weighted by Gasteiger charge is -2.23. The number of rotatable bonds is 3. The lowest BCUT2D eigenvalue weighted by molar-refractivity contribution is -0.120. The number of carbonyl (C=O) groups is 2. The fourth-order valence-corrected chi connectivity index (χ4v) is 4.02. The first-order valence-corrected chi connectivity index (χ1v) is 9.18. The molecule has 0 saturated heterocycles. The third-order valence-electron chi connectivity index (χ3n) is 3.91. The molecule has 1 atom stereocenters. The van der Waals surface area contributed by atoms with Gasteiger partial charge in [0.05, 0.1) is 10.9 Å². The van der Waals surface area contributed by atoms with Gasteiger partial charge in [0.25, 0.3) is 0 Å². The third kappa shape index (κ3) is 3.40. The standard InChI is InChI=1S/C18H14ClN3O3S/c1-9-20-12-7-11(3-4-14(12)25-9)21-17(23)8-16-18(24)22-13-6-10(19)2-5-15(13)26-16/h2-7,16H,8H2,1H3,(H,21,23)(H,22,24). The van der Waals surface area contributed by atoms with E-state index in [1.807, 2.05) is 6.07 Å². The Bertz CT molecular complexity index is 1030. The van der Waals surface area contributed by atoms with Crippen LogP contribution < -0.4 is 10.6 Å². The van der Waals surface area contributed by atoms with Gasteiger partial charge in [-0.3, -0.25) is 9.59 Å². The Hall–Kier alpha value is -2.51. The summed E-state index contributed by atoms with van der Waals surface area (Å²) in [4.78, 5) is 29.8. The molecule has 4 rings (SSSR count). The second kappa shape index (κ2) is 6.66. The second-order valence-electron chi connectivity index (χ2n) is 5.90. The Morgan fingerprint density at radius 2 is 2.19 bits per heavy atom. The average Bonchev–Trinajstić information content (AvgIpc) is 2.95. The maximum atomic E-state index is 12.4. The van der Waals surface area contributed by atoms with Crippen molar-refractivity contribution < 1.29 is 14.0 Å². The summed E-state index contributed by atoms with van der Waals surface area (Å²) in [5.41, 5.74) is 2.63. The normalized spacial score (nSPS) is 16.2. The first kappa shape index (κ1) is 16.9. The number of hydrogen-bond acceptors (Lipinski definition) is 5. The number of benzene rings is 2. The van der Waals surface area contributed by atoms with Crippen molar-refractivity contribution in [1.82, 2.24) is 4.98 Å². The smallest absolute Gasteiger partial charge is 0.238 e. The predicted molar refractivity (Wildman–Crippen MR) is 102 cm³/mol. The van der Waals surface area contributed by atoms with Crippen LogP contribution in [0.15, 0.2) is 45.7 Å². The Morgan fingerprint density at radius 3 is 3.04 bits per heavy atom.